The van der Waals surface area contributed by atoms with Crippen LogP contribution in [0.1, 0.15) is 45.9 Å². The lowest BCUT2D eigenvalue weighted by molar-refractivity contribution is -0.116. The fourth-order valence-electron chi connectivity index (χ4n) is 3.23. The van der Waals surface area contributed by atoms with Crippen molar-refractivity contribution in [2.75, 3.05) is 0 Å². The second-order valence-electron chi connectivity index (χ2n) is 6.42. The molecule has 0 radical (unpaired) electrons. The van der Waals surface area contributed by atoms with Crippen LogP contribution in [0, 0.1) is 0 Å². The molecule has 1 aliphatic rings. The van der Waals surface area contributed by atoms with Crippen LogP contribution in [0.4, 0.5) is 0 Å². The van der Waals surface area contributed by atoms with Gasteiger partial charge in [-0.15, -0.1) is 0 Å². The number of fused-ring (bicyclic) bond motifs is 1. The van der Waals surface area contributed by atoms with E-state index in [0.29, 0.717) is 12.1 Å². The van der Waals surface area contributed by atoms with E-state index >= 15 is 0 Å². The Bertz CT molecular complexity index is 828. The molecule has 0 aliphatic heterocycles. The standard InChI is InChI=1S/C21H22N2O3/c1-2-20(25)22-13-14-6-8-15(9-7-14)21(26)23-19-5-3-4-16-12-17(24)10-11-18(16)19/h2,6-12,19,24H,1,3-5,13H2,(H,22,25)(H,23,26). The van der Waals surface area contributed by atoms with Crippen LogP contribution in [0.5, 0.6) is 5.75 Å². The predicted octanol–water partition coefficient (Wildman–Crippen LogP) is 3.00. The summed E-state index contributed by atoms with van der Waals surface area (Å²) in [6.45, 7) is 3.80. The molecule has 1 atom stereocenters. The van der Waals surface area contributed by atoms with Gasteiger partial charge in [-0.2, -0.15) is 0 Å². The number of aromatic hydroxyl groups is 1. The van der Waals surface area contributed by atoms with E-state index in [4.69, 9.17) is 0 Å². The van der Waals surface area contributed by atoms with E-state index in [2.05, 4.69) is 17.2 Å². The zero-order valence-corrected chi connectivity index (χ0v) is 14.5. The molecule has 2 amide bonds. The number of amides is 2. The molecule has 1 aliphatic carbocycles. The monoisotopic (exact) mass is 350 g/mol. The SMILES string of the molecule is C=CC(=O)NCc1ccc(C(=O)NC2CCCc3cc(O)ccc32)cc1. The average molecular weight is 350 g/mol. The molecule has 5 nitrogen and oxygen atoms in total. The maximum atomic E-state index is 12.6. The number of hydrogen-bond donors (Lipinski definition) is 3. The smallest absolute Gasteiger partial charge is 0.251 e. The van der Waals surface area contributed by atoms with Gasteiger partial charge in [0, 0.05) is 12.1 Å². The summed E-state index contributed by atoms with van der Waals surface area (Å²) in [6.07, 6.45) is 4.00. The number of hydrogen-bond acceptors (Lipinski definition) is 3. The molecule has 2 aromatic rings. The van der Waals surface area contributed by atoms with Crippen LogP contribution in [0.25, 0.3) is 0 Å². The molecule has 3 N–H and O–H groups in total. The van der Waals surface area contributed by atoms with Gasteiger partial charge in [0.15, 0.2) is 0 Å². The van der Waals surface area contributed by atoms with Gasteiger partial charge < -0.3 is 15.7 Å². The van der Waals surface area contributed by atoms with Crippen molar-refractivity contribution in [3.63, 3.8) is 0 Å². The number of aryl methyl sites for hydroxylation is 1. The average Bonchev–Trinajstić information content (AvgIpc) is 2.66. The van der Waals surface area contributed by atoms with Gasteiger partial charge in [-0.25, -0.2) is 0 Å². The van der Waals surface area contributed by atoms with Crippen molar-refractivity contribution < 1.29 is 14.7 Å². The molecule has 5 heteroatoms. The third-order valence-electron chi connectivity index (χ3n) is 4.61. The number of phenolic OH excluding ortho intramolecular Hbond substituents is 1. The van der Waals surface area contributed by atoms with E-state index in [9.17, 15) is 14.7 Å². The van der Waals surface area contributed by atoms with Crippen molar-refractivity contribution >= 4 is 11.8 Å². The van der Waals surface area contributed by atoms with Crippen molar-refractivity contribution in [3.8, 4) is 5.75 Å². The minimum atomic E-state index is -0.228. The lowest BCUT2D eigenvalue weighted by Gasteiger charge is -2.26. The summed E-state index contributed by atoms with van der Waals surface area (Å²) in [5.74, 6) is -0.0960. The molecule has 0 fully saturated rings. The van der Waals surface area contributed by atoms with E-state index in [1.165, 1.54) is 6.08 Å². The Kier molecular flexibility index (Phi) is 5.37. The van der Waals surface area contributed by atoms with Gasteiger partial charge in [-0.1, -0.05) is 24.8 Å². The van der Waals surface area contributed by atoms with Gasteiger partial charge >= 0.3 is 0 Å². The highest BCUT2D eigenvalue weighted by atomic mass is 16.3. The molecule has 26 heavy (non-hydrogen) atoms. The second-order valence-corrected chi connectivity index (χ2v) is 6.42. The quantitative estimate of drug-likeness (QED) is 0.726. The molecule has 2 aromatic carbocycles. The lowest BCUT2D eigenvalue weighted by atomic mass is 9.87. The van der Waals surface area contributed by atoms with Gasteiger partial charge in [0.05, 0.1) is 6.04 Å². The minimum absolute atomic E-state index is 0.0431. The predicted molar refractivity (Wildman–Crippen MR) is 99.7 cm³/mol. The summed E-state index contributed by atoms with van der Waals surface area (Å²) in [6, 6.07) is 12.4. The van der Waals surface area contributed by atoms with Gasteiger partial charge in [-0.3, -0.25) is 9.59 Å². The molecular weight excluding hydrogens is 328 g/mol. The Morgan fingerprint density at radius 1 is 1.19 bits per heavy atom. The number of benzene rings is 2. The van der Waals surface area contributed by atoms with Crippen LogP contribution in [0.15, 0.2) is 55.1 Å². The largest absolute Gasteiger partial charge is 0.508 e. The summed E-state index contributed by atoms with van der Waals surface area (Å²) >= 11 is 0. The first-order valence-corrected chi connectivity index (χ1v) is 8.68. The lowest BCUT2D eigenvalue weighted by Crippen LogP contribution is -2.31. The van der Waals surface area contributed by atoms with Gasteiger partial charge in [-0.05, 0) is 66.3 Å². The number of rotatable bonds is 5. The molecule has 0 saturated carbocycles. The van der Waals surface area contributed by atoms with E-state index < -0.39 is 0 Å². The van der Waals surface area contributed by atoms with Crippen molar-refractivity contribution in [2.24, 2.45) is 0 Å². The molecule has 0 spiro atoms. The molecule has 0 bridgehead atoms. The van der Waals surface area contributed by atoms with E-state index in [-0.39, 0.29) is 23.6 Å². The highest BCUT2D eigenvalue weighted by Crippen LogP contribution is 2.32. The minimum Gasteiger partial charge on any atom is -0.508 e. The van der Waals surface area contributed by atoms with Crippen LogP contribution in [-0.2, 0) is 17.8 Å². The molecule has 0 aromatic heterocycles. The topological polar surface area (TPSA) is 78.4 Å². The van der Waals surface area contributed by atoms with Crippen molar-refractivity contribution in [2.45, 2.75) is 31.8 Å². The maximum absolute atomic E-state index is 12.6. The van der Waals surface area contributed by atoms with Crippen molar-refractivity contribution in [1.29, 1.82) is 0 Å². The van der Waals surface area contributed by atoms with Crippen LogP contribution < -0.4 is 10.6 Å². The summed E-state index contributed by atoms with van der Waals surface area (Å²) in [4.78, 5) is 23.8. The normalized spacial score (nSPS) is 15.6. The van der Waals surface area contributed by atoms with E-state index in [0.717, 1.165) is 36.0 Å². The van der Waals surface area contributed by atoms with Gasteiger partial charge in [0.25, 0.3) is 5.91 Å². The molecule has 3 rings (SSSR count). The van der Waals surface area contributed by atoms with Crippen LogP contribution in [0.2, 0.25) is 0 Å². The van der Waals surface area contributed by atoms with Crippen molar-refractivity contribution in [3.05, 3.63) is 77.4 Å². The molecular formula is C21H22N2O3. The molecule has 1 unspecified atom stereocenters. The Morgan fingerprint density at radius 2 is 1.96 bits per heavy atom. The number of carbonyl (C=O) groups excluding carboxylic acids is 2. The first-order valence-electron chi connectivity index (χ1n) is 8.68. The molecule has 0 heterocycles. The van der Waals surface area contributed by atoms with Crippen LogP contribution >= 0.6 is 0 Å². The number of phenols is 1. The van der Waals surface area contributed by atoms with E-state index in [1.807, 2.05) is 18.2 Å². The third kappa shape index (κ3) is 4.11. The van der Waals surface area contributed by atoms with Crippen LogP contribution in [0.3, 0.4) is 0 Å². The maximum Gasteiger partial charge on any atom is 0.251 e. The fraction of sp³-hybridized carbons (Fsp3) is 0.238. The Balaban J connectivity index is 1.65. The highest BCUT2D eigenvalue weighted by Gasteiger charge is 2.22. The highest BCUT2D eigenvalue weighted by molar-refractivity contribution is 5.94. The fourth-order valence-corrected chi connectivity index (χ4v) is 3.23. The Hall–Kier alpha value is -3.08. The second kappa shape index (κ2) is 7.87. The van der Waals surface area contributed by atoms with Crippen molar-refractivity contribution in [1.82, 2.24) is 10.6 Å². The summed E-state index contributed by atoms with van der Waals surface area (Å²) in [5.41, 5.74) is 3.66. The summed E-state index contributed by atoms with van der Waals surface area (Å²) in [5, 5.41) is 15.4. The molecule has 134 valence electrons. The Labute approximate surface area is 152 Å². The zero-order valence-electron chi connectivity index (χ0n) is 14.5. The van der Waals surface area contributed by atoms with Gasteiger partial charge in [0.1, 0.15) is 5.75 Å². The first-order chi connectivity index (χ1) is 12.6. The zero-order chi connectivity index (χ0) is 18.5. The van der Waals surface area contributed by atoms with Crippen LogP contribution in [-0.4, -0.2) is 16.9 Å². The molecule has 0 saturated heterocycles. The Morgan fingerprint density at radius 3 is 2.69 bits per heavy atom. The summed E-state index contributed by atoms with van der Waals surface area (Å²) < 4.78 is 0. The van der Waals surface area contributed by atoms with Gasteiger partial charge in [0.2, 0.25) is 5.91 Å². The first kappa shape index (κ1) is 17.7. The van der Waals surface area contributed by atoms with E-state index in [1.54, 1.807) is 24.3 Å². The number of nitrogens with one attached hydrogen (secondary N) is 2. The summed E-state index contributed by atoms with van der Waals surface area (Å²) in [7, 11) is 0. The third-order valence-corrected chi connectivity index (χ3v) is 4.61. The number of carbonyl (C=O) groups is 2.